The fourth-order valence-corrected chi connectivity index (χ4v) is 2.07. The Kier molecular flexibility index (Phi) is 5.49. The predicted octanol–water partition coefficient (Wildman–Crippen LogP) is 2.52. The van der Waals surface area contributed by atoms with E-state index in [9.17, 15) is 13.2 Å². The molecule has 126 valence electrons. The highest BCUT2D eigenvalue weighted by Crippen LogP contribution is 2.30. The highest BCUT2D eigenvalue weighted by Gasteiger charge is 2.36. The molecule has 0 radical (unpaired) electrons. The molecule has 0 saturated heterocycles. The first-order valence-corrected chi connectivity index (χ1v) is 6.95. The second-order valence-electron chi connectivity index (χ2n) is 4.76. The van der Waals surface area contributed by atoms with E-state index in [1.54, 1.807) is 24.3 Å². The van der Waals surface area contributed by atoms with E-state index in [2.05, 4.69) is 5.10 Å². The van der Waals surface area contributed by atoms with E-state index in [1.165, 1.54) is 18.0 Å². The van der Waals surface area contributed by atoms with Crippen molar-refractivity contribution in [1.29, 1.82) is 0 Å². The molecule has 23 heavy (non-hydrogen) atoms. The number of aliphatic hydroxyl groups excluding tert-OH is 1. The third kappa shape index (κ3) is 4.62. The lowest BCUT2D eigenvalue weighted by Crippen LogP contribution is -2.12. The van der Waals surface area contributed by atoms with Gasteiger partial charge in [0.15, 0.2) is 5.69 Å². The fourth-order valence-electron chi connectivity index (χ4n) is 2.07. The Balaban J connectivity index is 2.00. The molecule has 0 unspecified atom stereocenters. The van der Waals surface area contributed by atoms with Crippen LogP contribution >= 0.6 is 0 Å². The summed E-state index contributed by atoms with van der Waals surface area (Å²) in [6, 6.07) is 6.92. The van der Waals surface area contributed by atoms with Gasteiger partial charge in [0.05, 0.1) is 13.7 Å². The van der Waals surface area contributed by atoms with Crippen LogP contribution in [0.15, 0.2) is 30.5 Å². The van der Waals surface area contributed by atoms with Crippen LogP contribution in [0.25, 0.3) is 0 Å². The number of hydrogen-bond donors (Lipinski definition) is 1. The van der Waals surface area contributed by atoms with Gasteiger partial charge in [-0.1, -0.05) is 6.07 Å². The van der Waals surface area contributed by atoms with Crippen LogP contribution in [-0.2, 0) is 19.1 Å². The molecule has 0 fully saturated rings. The van der Waals surface area contributed by atoms with Gasteiger partial charge in [-0.25, -0.2) is 0 Å². The van der Waals surface area contributed by atoms with Gasteiger partial charge in [0.25, 0.3) is 0 Å². The Morgan fingerprint density at radius 1 is 1.26 bits per heavy atom. The van der Waals surface area contributed by atoms with Crippen molar-refractivity contribution in [2.45, 2.75) is 19.1 Å². The van der Waals surface area contributed by atoms with Crippen molar-refractivity contribution in [3.8, 4) is 11.5 Å². The Morgan fingerprint density at radius 2 is 2.00 bits per heavy atom. The van der Waals surface area contributed by atoms with Gasteiger partial charge in [-0.2, -0.15) is 18.3 Å². The van der Waals surface area contributed by atoms with Crippen LogP contribution in [0.2, 0.25) is 0 Å². The summed E-state index contributed by atoms with van der Waals surface area (Å²) in [5.74, 6) is 1.19. The van der Waals surface area contributed by atoms with Crippen molar-refractivity contribution >= 4 is 0 Å². The second kappa shape index (κ2) is 7.36. The summed E-state index contributed by atoms with van der Waals surface area (Å²) in [5, 5.41) is 12.4. The quantitative estimate of drug-likeness (QED) is 0.848. The van der Waals surface area contributed by atoms with E-state index in [0.29, 0.717) is 11.5 Å². The van der Waals surface area contributed by atoms with Crippen molar-refractivity contribution in [2.24, 2.45) is 0 Å². The number of aromatic nitrogens is 2. The molecule has 1 aromatic carbocycles. The van der Waals surface area contributed by atoms with E-state index in [4.69, 9.17) is 14.6 Å². The number of rotatable bonds is 7. The minimum atomic E-state index is -4.54. The standard InChI is InChI=1S/C15H17F3N2O3/c1-22-12-3-2-4-13(9-12)23-8-6-20-10-11(5-7-21)14(19-20)15(16,17)18/h2-4,9-10,21H,5-8H2,1H3. The molecule has 0 amide bonds. The summed E-state index contributed by atoms with van der Waals surface area (Å²) in [6.07, 6.45) is -3.34. The molecule has 0 spiro atoms. The number of hydrogen-bond acceptors (Lipinski definition) is 4. The minimum Gasteiger partial charge on any atom is -0.497 e. The average Bonchev–Trinajstić information content (AvgIpc) is 2.91. The molecule has 1 aromatic heterocycles. The Hall–Kier alpha value is -2.22. The SMILES string of the molecule is COc1cccc(OCCn2cc(CCO)c(C(F)(F)F)n2)c1. The maximum atomic E-state index is 12.9. The lowest BCUT2D eigenvalue weighted by atomic mass is 10.2. The largest absolute Gasteiger partial charge is 0.497 e. The molecule has 1 heterocycles. The molecule has 0 bridgehead atoms. The first kappa shape index (κ1) is 17.1. The summed E-state index contributed by atoms with van der Waals surface area (Å²) in [4.78, 5) is 0. The highest BCUT2D eigenvalue weighted by molar-refractivity contribution is 5.32. The number of methoxy groups -OCH3 is 1. The van der Waals surface area contributed by atoms with Crippen molar-refractivity contribution in [3.63, 3.8) is 0 Å². The normalized spacial score (nSPS) is 11.5. The van der Waals surface area contributed by atoms with Gasteiger partial charge < -0.3 is 14.6 Å². The molecule has 2 aromatic rings. The van der Waals surface area contributed by atoms with Gasteiger partial charge in [-0.05, 0) is 18.6 Å². The first-order valence-electron chi connectivity index (χ1n) is 6.95. The van der Waals surface area contributed by atoms with Crippen LogP contribution in [0.4, 0.5) is 13.2 Å². The lowest BCUT2D eigenvalue weighted by Gasteiger charge is -2.08. The Labute approximate surface area is 131 Å². The molecule has 0 aliphatic rings. The average molecular weight is 330 g/mol. The van der Waals surface area contributed by atoms with Crippen LogP contribution in [0.3, 0.4) is 0 Å². The number of ether oxygens (including phenoxy) is 2. The molecule has 5 nitrogen and oxygen atoms in total. The van der Waals surface area contributed by atoms with Crippen LogP contribution in [0.5, 0.6) is 11.5 Å². The molecule has 0 aliphatic carbocycles. The maximum Gasteiger partial charge on any atom is 0.435 e. The third-order valence-corrected chi connectivity index (χ3v) is 3.12. The number of benzene rings is 1. The molecular weight excluding hydrogens is 313 g/mol. The van der Waals surface area contributed by atoms with E-state index < -0.39 is 11.9 Å². The van der Waals surface area contributed by atoms with E-state index >= 15 is 0 Å². The third-order valence-electron chi connectivity index (χ3n) is 3.12. The zero-order chi connectivity index (χ0) is 16.9. The Bertz CT molecular complexity index is 641. The van der Waals surface area contributed by atoms with Crippen LogP contribution in [0, 0.1) is 0 Å². The van der Waals surface area contributed by atoms with Crippen molar-refractivity contribution in [3.05, 3.63) is 41.7 Å². The van der Waals surface area contributed by atoms with E-state index in [0.717, 1.165) is 0 Å². The van der Waals surface area contributed by atoms with Crippen molar-refractivity contribution < 1.29 is 27.8 Å². The minimum absolute atomic E-state index is 0.0265. The van der Waals surface area contributed by atoms with Crippen LogP contribution < -0.4 is 9.47 Å². The first-order chi connectivity index (χ1) is 10.9. The van der Waals surface area contributed by atoms with Crippen molar-refractivity contribution in [1.82, 2.24) is 9.78 Å². The highest BCUT2D eigenvalue weighted by atomic mass is 19.4. The van der Waals surface area contributed by atoms with Crippen molar-refractivity contribution in [2.75, 3.05) is 20.3 Å². The van der Waals surface area contributed by atoms with Gasteiger partial charge in [0.2, 0.25) is 0 Å². The van der Waals surface area contributed by atoms with Gasteiger partial charge >= 0.3 is 6.18 Å². The summed E-state index contributed by atoms with van der Waals surface area (Å²) < 4.78 is 50.3. The zero-order valence-corrected chi connectivity index (χ0v) is 12.5. The number of alkyl halides is 3. The molecule has 0 atom stereocenters. The van der Waals surface area contributed by atoms with Gasteiger partial charge in [0.1, 0.15) is 18.1 Å². The summed E-state index contributed by atoms with van der Waals surface area (Å²) in [7, 11) is 1.53. The van der Waals surface area contributed by atoms with E-state index in [1.807, 2.05) is 0 Å². The molecule has 2 rings (SSSR count). The summed E-state index contributed by atoms with van der Waals surface area (Å²) >= 11 is 0. The van der Waals surface area contributed by atoms with Crippen LogP contribution in [0.1, 0.15) is 11.3 Å². The van der Waals surface area contributed by atoms with Gasteiger partial charge in [0, 0.05) is 24.4 Å². The number of aliphatic hydroxyl groups is 1. The summed E-state index contributed by atoms with van der Waals surface area (Å²) in [5.41, 5.74) is -0.991. The number of halogens is 3. The van der Waals surface area contributed by atoms with Gasteiger partial charge in [-0.3, -0.25) is 4.68 Å². The monoisotopic (exact) mass is 330 g/mol. The van der Waals surface area contributed by atoms with Gasteiger partial charge in [-0.15, -0.1) is 0 Å². The molecule has 0 saturated carbocycles. The molecule has 8 heteroatoms. The molecular formula is C15H17F3N2O3. The topological polar surface area (TPSA) is 56.5 Å². The second-order valence-corrected chi connectivity index (χ2v) is 4.76. The Morgan fingerprint density at radius 3 is 2.65 bits per heavy atom. The molecule has 0 aliphatic heterocycles. The van der Waals surface area contributed by atoms with Crippen LogP contribution in [-0.4, -0.2) is 35.2 Å². The smallest absolute Gasteiger partial charge is 0.435 e. The summed E-state index contributed by atoms with van der Waals surface area (Å²) in [6.45, 7) is -0.0501. The molecule has 1 N–H and O–H groups in total. The predicted molar refractivity (Wildman–Crippen MR) is 76.5 cm³/mol. The fraction of sp³-hybridized carbons (Fsp3) is 0.400. The number of nitrogens with zero attached hydrogens (tertiary/aromatic N) is 2. The zero-order valence-electron chi connectivity index (χ0n) is 12.5. The van der Waals surface area contributed by atoms with E-state index in [-0.39, 0.29) is 31.7 Å². The maximum absolute atomic E-state index is 12.9. The lowest BCUT2D eigenvalue weighted by molar-refractivity contribution is -0.142.